The first-order chi connectivity index (χ1) is 23.7. The number of rotatable bonds is 10. The van der Waals surface area contributed by atoms with E-state index in [1.807, 2.05) is 43.3 Å². The normalized spacial score (nSPS) is 12.1. The Morgan fingerprint density at radius 1 is 0.776 bits per heavy atom. The molecule has 7 nitrogen and oxygen atoms in total. The molecule has 1 heterocycles. The fourth-order valence-electron chi connectivity index (χ4n) is 5.52. The maximum atomic E-state index is 13.4. The van der Waals surface area contributed by atoms with Crippen molar-refractivity contribution in [3.63, 3.8) is 0 Å². The van der Waals surface area contributed by atoms with E-state index in [4.69, 9.17) is 23.2 Å². The van der Waals surface area contributed by atoms with Crippen LogP contribution < -0.4 is 16.0 Å². The number of nitrogens with zero attached hydrogens (tertiary/aromatic N) is 1. The number of anilines is 2. The number of para-hydroxylation sites is 1. The molecule has 3 amide bonds. The summed E-state index contributed by atoms with van der Waals surface area (Å²) in [6, 6.07) is 35.1. The number of hydrogen-bond donors (Lipinski definition) is 3. The fourth-order valence-corrected chi connectivity index (χ4v) is 6.75. The van der Waals surface area contributed by atoms with Gasteiger partial charge in [0.2, 0.25) is 5.91 Å². The molecule has 0 bridgehead atoms. The molecule has 0 saturated carbocycles. The van der Waals surface area contributed by atoms with Crippen LogP contribution in [-0.2, 0) is 16.1 Å². The maximum absolute atomic E-state index is 13.4. The SMILES string of the molecule is CCn1c2ccccc2c2cc(NC(=O)C(C)Sc3ccc(NC(=O)/C(=C/c4cccc(Cl)c4Cl)NC(=O)c4ccccc4)cc3)ccc21. The molecule has 49 heavy (non-hydrogen) atoms. The molecule has 0 aliphatic heterocycles. The summed E-state index contributed by atoms with van der Waals surface area (Å²) in [6.07, 6.45) is 1.48. The Bertz CT molecular complexity index is 2220. The minimum atomic E-state index is -0.549. The second-order valence-electron chi connectivity index (χ2n) is 11.2. The minimum Gasteiger partial charge on any atom is -0.341 e. The lowest BCUT2D eigenvalue weighted by atomic mass is 10.1. The lowest BCUT2D eigenvalue weighted by molar-refractivity contribution is -0.115. The third kappa shape index (κ3) is 7.67. The van der Waals surface area contributed by atoms with E-state index in [0.717, 1.165) is 33.4 Å². The zero-order valence-electron chi connectivity index (χ0n) is 26.7. The van der Waals surface area contributed by atoms with Crippen LogP contribution in [0.4, 0.5) is 11.4 Å². The molecule has 246 valence electrons. The van der Waals surface area contributed by atoms with Gasteiger partial charge in [-0.25, -0.2) is 0 Å². The molecule has 6 aromatic rings. The Hall–Kier alpha value is -5.02. The Kier molecular flexibility index (Phi) is 10.4. The molecule has 1 unspecified atom stereocenters. The zero-order chi connectivity index (χ0) is 34.5. The monoisotopic (exact) mass is 706 g/mol. The highest BCUT2D eigenvalue weighted by atomic mass is 35.5. The smallest absolute Gasteiger partial charge is 0.272 e. The molecular weight excluding hydrogens is 675 g/mol. The lowest BCUT2D eigenvalue weighted by Gasteiger charge is -2.14. The van der Waals surface area contributed by atoms with E-state index in [9.17, 15) is 14.4 Å². The van der Waals surface area contributed by atoms with Crippen molar-refractivity contribution in [3.8, 4) is 0 Å². The number of aryl methyl sites for hydroxylation is 1. The van der Waals surface area contributed by atoms with Gasteiger partial charge in [-0.3, -0.25) is 14.4 Å². The topological polar surface area (TPSA) is 92.2 Å². The van der Waals surface area contributed by atoms with Gasteiger partial charge in [-0.15, -0.1) is 11.8 Å². The van der Waals surface area contributed by atoms with Gasteiger partial charge in [0.15, 0.2) is 0 Å². The van der Waals surface area contributed by atoms with E-state index in [2.05, 4.69) is 45.6 Å². The fraction of sp³-hybridized carbons (Fsp3) is 0.103. The Morgan fingerprint density at radius 2 is 1.47 bits per heavy atom. The van der Waals surface area contributed by atoms with Gasteiger partial charge in [-0.05, 0) is 92.2 Å². The van der Waals surface area contributed by atoms with Crippen LogP contribution in [0.25, 0.3) is 27.9 Å². The van der Waals surface area contributed by atoms with Gasteiger partial charge in [0.05, 0.1) is 15.3 Å². The average Bonchev–Trinajstić information content (AvgIpc) is 3.43. The van der Waals surface area contributed by atoms with Crippen molar-refractivity contribution in [2.75, 3.05) is 10.6 Å². The summed E-state index contributed by atoms with van der Waals surface area (Å²) in [5, 5.41) is 11.0. The largest absolute Gasteiger partial charge is 0.341 e. The number of amides is 3. The zero-order valence-corrected chi connectivity index (χ0v) is 29.0. The molecule has 0 aliphatic carbocycles. The summed E-state index contributed by atoms with van der Waals surface area (Å²) >= 11 is 14.0. The molecule has 0 fully saturated rings. The molecule has 3 N–H and O–H groups in total. The number of halogens is 2. The van der Waals surface area contributed by atoms with Gasteiger partial charge < -0.3 is 20.5 Å². The number of aromatic nitrogens is 1. The van der Waals surface area contributed by atoms with Crippen molar-refractivity contribution >= 4 is 91.9 Å². The van der Waals surface area contributed by atoms with E-state index in [1.165, 1.54) is 23.4 Å². The number of thioether (sulfide) groups is 1. The second-order valence-corrected chi connectivity index (χ2v) is 13.4. The van der Waals surface area contributed by atoms with Crippen molar-refractivity contribution in [2.45, 2.75) is 30.5 Å². The quantitative estimate of drug-likeness (QED) is 0.0977. The summed E-state index contributed by atoms with van der Waals surface area (Å²) in [7, 11) is 0. The predicted molar refractivity (Wildman–Crippen MR) is 202 cm³/mol. The van der Waals surface area contributed by atoms with Crippen LogP contribution in [0.3, 0.4) is 0 Å². The molecule has 6 rings (SSSR count). The standard InChI is InChI=1S/C39H32Cl2N4O3S/c1-3-45-34-15-8-7-13-30(34)31-23-28(18-21-35(31)45)43-37(46)24(2)49-29-19-16-27(17-20-29)42-39(48)33(22-26-12-9-14-32(40)36(26)41)44-38(47)25-10-5-4-6-11-25/h4-24H,3H2,1-2H3,(H,42,48)(H,43,46)(H,44,47)/b33-22-. The van der Waals surface area contributed by atoms with Gasteiger partial charge in [-0.1, -0.05) is 71.7 Å². The summed E-state index contributed by atoms with van der Waals surface area (Å²) in [5.74, 6) is -1.12. The highest BCUT2D eigenvalue weighted by molar-refractivity contribution is 8.00. The van der Waals surface area contributed by atoms with Gasteiger partial charge in [-0.2, -0.15) is 0 Å². The van der Waals surface area contributed by atoms with Crippen LogP contribution in [0.1, 0.15) is 29.8 Å². The van der Waals surface area contributed by atoms with Gasteiger partial charge in [0.25, 0.3) is 11.8 Å². The van der Waals surface area contributed by atoms with Crippen molar-refractivity contribution in [2.24, 2.45) is 0 Å². The van der Waals surface area contributed by atoms with Crippen LogP contribution in [0, 0.1) is 0 Å². The molecule has 1 atom stereocenters. The number of nitrogens with one attached hydrogen (secondary N) is 3. The highest BCUT2D eigenvalue weighted by Crippen LogP contribution is 2.32. The third-order valence-electron chi connectivity index (χ3n) is 7.96. The minimum absolute atomic E-state index is 0.0146. The first-order valence-electron chi connectivity index (χ1n) is 15.6. The third-order valence-corrected chi connectivity index (χ3v) is 9.91. The number of benzene rings is 5. The lowest BCUT2D eigenvalue weighted by Crippen LogP contribution is -2.30. The molecule has 10 heteroatoms. The van der Waals surface area contributed by atoms with Crippen LogP contribution in [0.2, 0.25) is 10.0 Å². The van der Waals surface area contributed by atoms with Gasteiger partial charge >= 0.3 is 0 Å². The van der Waals surface area contributed by atoms with Crippen LogP contribution >= 0.6 is 35.0 Å². The summed E-state index contributed by atoms with van der Waals surface area (Å²) in [6.45, 7) is 4.83. The van der Waals surface area contributed by atoms with Crippen LogP contribution in [0.15, 0.2) is 126 Å². The summed E-state index contributed by atoms with van der Waals surface area (Å²) < 4.78 is 2.27. The van der Waals surface area contributed by atoms with Crippen molar-refractivity contribution in [3.05, 3.63) is 142 Å². The molecule has 1 aromatic heterocycles. The van der Waals surface area contributed by atoms with Crippen molar-refractivity contribution in [1.82, 2.24) is 9.88 Å². The van der Waals surface area contributed by atoms with E-state index in [0.29, 0.717) is 21.8 Å². The number of hydrogen-bond acceptors (Lipinski definition) is 4. The maximum Gasteiger partial charge on any atom is 0.272 e. The second kappa shape index (κ2) is 15.0. The summed E-state index contributed by atoms with van der Waals surface area (Å²) in [4.78, 5) is 40.5. The Morgan fingerprint density at radius 3 is 2.22 bits per heavy atom. The van der Waals surface area contributed by atoms with E-state index in [-0.39, 0.29) is 16.6 Å². The first-order valence-corrected chi connectivity index (χ1v) is 17.3. The Balaban J connectivity index is 1.13. The Labute approximate surface area is 298 Å². The number of fused-ring (bicyclic) bond motifs is 3. The summed E-state index contributed by atoms with van der Waals surface area (Å²) in [5.41, 5.74) is 4.39. The molecule has 0 aliphatic rings. The van der Waals surface area contributed by atoms with Crippen molar-refractivity contribution < 1.29 is 14.4 Å². The van der Waals surface area contributed by atoms with E-state index in [1.54, 1.807) is 60.7 Å². The molecule has 5 aromatic carbocycles. The van der Waals surface area contributed by atoms with Crippen molar-refractivity contribution in [1.29, 1.82) is 0 Å². The van der Waals surface area contributed by atoms with Crippen LogP contribution in [-0.4, -0.2) is 27.5 Å². The predicted octanol–water partition coefficient (Wildman–Crippen LogP) is 9.65. The molecule has 0 spiro atoms. The number of carbonyl (C=O) groups excluding carboxylic acids is 3. The van der Waals surface area contributed by atoms with E-state index < -0.39 is 17.1 Å². The molecule has 0 radical (unpaired) electrons. The van der Waals surface area contributed by atoms with Gasteiger partial charge in [0.1, 0.15) is 5.70 Å². The average molecular weight is 708 g/mol. The first kappa shape index (κ1) is 33.9. The van der Waals surface area contributed by atoms with E-state index >= 15 is 0 Å². The van der Waals surface area contributed by atoms with Crippen LogP contribution in [0.5, 0.6) is 0 Å². The highest BCUT2D eigenvalue weighted by Gasteiger charge is 2.18. The number of carbonyl (C=O) groups is 3. The molecule has 0 saturated heterocycles. The molecular formula is C39H32Cl2N4O3S. The van der Waals surface area contributed by atoms with Gasteiger partial charge in [0, 0.05) is 50.2 Å².